The fourth-order valence-corrected chi connectivity index (χ4v) is 3.48. The number of hydrogen-bond donors (Lipinski definition) is 0. The molecule has 6 rings (SSSR count). The third-order valence-corrected chi connectivity index (χ3v) is 4.89. The Labute approximate surface area is 214 Å². The Balaban J connectivity index is 0.000000228. The van der Waals surface area contributed by atoms with Crippen LogP contribution >= 0.6 is 0 Å². The predicted molar refractivity (Wildman–Crippen MR) is 127 cm³/mol. The van der Waals surface area contributed by atoms with Crippen molar-refractivity contribution >= 4 is 16.8 Å². The molecule has 4 heterocycles. The molecule has 0 N–H and O–H groups in total. The molecule has 0 fully saturated rings. The summed E-state index contributed by atoms with van der Waals surface area (Å²) in [4.78, 5) is 8.51. The molecule has 33 heavy (non-hydrogen) atoms. The number of benzene rings is 2. The molecular weight excluding hydrogens is 587 g/mol. The summed E-state index contributed by atoms with van der Waals surface area (Å²) in [5.41, 5.74) is 3.69. The first-order chi connectivity index (χ1) is 18.1. The minimum atomic E-state index is -2.51. The van der Waals surface area contributed by atoms with Gasteiger partial charge in [0.15, 0.2) is 5.71 Å². The van der Waals surface area contributed by atoms with Crippen LogP contribution in [0, 0.1) is 25.8 Å². The largest absolute Gasteiger partial charge is 0.458 e. The molecule has 6 aromatic rings. The molecule has 4 nitrogen and oxygen atoms in total. The van der Waals surface area contributed by atoms with Gasteiger partial charge in [0.25, 0.3) is 0 Å². The second-order valence-electron chi connectivity index (χ2n) is 6.96. The molecule has 0 unspecified atom stereocenters. The Kier molecular flexibility index (Phi) is 4.87. The van der Waals surface area contributed by atoms with Crippen LogP contribution in [0.3, 0.4) is 0 Å². The van der Waals surface area contributed by atoms with Crippen molar-refractivity contribution in [3.63, 3.8) is 0 Å². The molecule has 0 saturated carbocycles. The second kappa shape index (κ2) is 9.95. The van der Waals surface area contributed by atoms with E-state index in [1.54, 1.807) is 42.7 Å². The summed E-state index contributed by atoms with van der Waals surface area (Å²) in [6.07, 6.45) is 3.41. The molecule has 2 aromatic carbocycles. The standard InChI is InChI=1S/C17H13N2O.C11H8N.Ir/c1-11-10-12(2)19-16-13(14-7-3-4-9-18-14)6-5-8-15(16)20-17(11)19;1-2-6-10(7-3-1)11-8-4-5-9-12-11;/h3-5,7-10H,1-2H3;1-6,8-9H;/q2*-1;/i1D3,2D3;;. The number of rotatable bonds is 2. The van der Waals surface area contributed by atoms with E-state index in [2.05, 4.69) is 22.1 Å². The van der Waals surface area contributed by atoms with Crippen LogP contribution in [0.4, 0.5) is 0 Å². The van der Waals surface area contributed by atoms with E-state index in [9.17, 15) is 0 Å². The van der Waals surface area contributed by atoms with Gasteiger partial charge in [0.2, 0.25) is 0 Å². The SMILES string of the molecule is [2H]C([2H])([2H])c1cc(C([2H])([2H])[2H])n2c1oc1cc[c-]c(-c3ccccn3)c12.[Ir].[c-]1ccccc1-c1ccccn1. The van der Waals surface area contributed by atoms with Crippen molar-refractivity contribution in [3.05, 3.63) is 115 Å². The second-order valence-corrected chi connectivity index (χ2v) is 6.96. The van der Waals surface area contributed by atoms with Crippen LogP contribution in [0.2, 0.25) is 0 Å². The maximum Gasteiger partial charge on any atom is 0.197 e. The van der Waals surface area contributed by atoms with E-state index in [-0.39, 0.29) is 37.1 Å². The topological polar surface area (TPSA) is 43.3 Å². The normalized spacial score (nSPS) is 13.9. The van der Waals surface area contributed by atoms with Gasteiger partial charge in [-0.15, -0.1) is 48.0 Å². The molecule has 0 amide bonds. The van der Waals surface area contributed by atoms with Crippen molar-refractivity contribution in [2.24, 2.45) is 0 Å². The molecule has 0 atom stereocenters. The van der Waals surface area contributed by atoms with E-state index in [1.165, 1.54) is 10.5 Å². The van der Waals surface area contributed by atoms with Crippen LogP contribution in [0.1, 0.15) is 19.5 Å². The predicted octanol–water partition coefficient (Wildman–Crippen LogP) is 6.71. The Morgan fingerprint density at radius 1 is 0.848 bits per heavy atom. The monoisotopic (exact) mass is 614 g/mol. The van der Waals surface area contributed by atoms with Crippen molar-refractivity contribution in [2.75, 3.05) is 0 Å². The van der Waals surface area contributed by atoms with Crippen LogP contribution in [0.15, 0.2) is 95.7 Å². The molecule has 0 saturated heterocycles. The fraction of sp³-hybridized carbons (Fsp3) is 0.0714. The third kappa shape index (κ3) is 4.51. The van der Waals surface area contributed by atoms with Gasteiger partial charge >= 0.3 is 0 Å². The Hall–Kier alpha value is -3.53. The van der Waals surface area contributed by atoms with Gasteiger partial charge in [-0.05, 0) is 43.3 Å². The van der Waals surface area contributed by atoms with E-state index >= 15 is 0 Å². The third-order valence-electron chi connectivity index (χ3n) is 4.89. The maximum absolute atomic E-state index is 7.82. The molecule has 1 radical (unpaired) electrons. The number of hydrogen-bond acceptors (Lipinski definition) is 3. The molecule has 0 bridgehead atoms. The molecule has 0 aliphatic carbocycles. The smallest absolute Gasteiger partial charge is 0.197 e. The van der Waals surface area contributed by atoms with Crippen molar-refractivity contribution in [1.29, 1.82) is 0 Å². The average Bonchev–Trinajstić information content (AvgIpc) is 3.48. The van der Waals surface area contributed by atoms with Gasteiger partial charge in [-0.1, -0.05) is 35.9 Å². The van der Waals surface area contributed by atoms with E-state index in [1.807, 2.05) is 42.5 Å². The quantitative estimate of drug-likeness (QED) is 0.204. The summed E-state index contributed by atoms with van der Waals surface area (Å²) in [7, 11) is 0. The molecule has 5 heteroatoms. The first-order valence-corrected chi connectivity index (χ1v) is 9.94. The van der Waals surface area contributed by atoms with Crippen molar-refractivity contribution < 1.29 is 32.7 Å². The molecule has 165 valence electrons. The van der Waals surface area contributed by atoms with Gasteiger partial charge in [0.1, 0.15) is 0 Å². The molecule has 0 aliphatic rings. The number of aryl methyl sites for hydroxylation is 2. The van der Waals surface area contributed by atoms with E-state index in [0.29, 0.717) is 22.4 Å². The van der Waals surface area contributed by atoms with Gasteiger partial charge < -0.3 is 18.8 Å². The molecule has 4 aromatic heterocycles. The zero-order valence-electron chi connectivity index (χ0n) is 23.2. The Bertz CT molecular complexity index is 1640. The van der Waals surface area contributed by atoms with E-state index in [0.717, 1.165) is 11.3 Å². The van der Waals surface area contributed by atoms with Crippen molar-refractivity contribution in [2.45, 2.75) is 13.7 Å². The van der Waals surface area contributed by atoms with Crippen LogP contribution in [-0.4, -0.2) is 14.4 Å². The van der Waals surface area contributed by atoms with E-state index < -0.39 is 13.7 Å². The van der Waals surface area contributed by atoms with Crippen LogP contribution in [0.5, 0.6) is 0 Å². The van der Waals surface area contributed by atoms with Crippen molar-refractivity contribution in [3.8, 4) is 22.5 Å². The van der Waals surface area contributed by atoms with Crippen molar-refractivity contribution in [1.82, 2.24) is 14.4 Å². The zero-order chi connectivity index (χ0) is 26.9. The summed E-state index contributed by atoms with van der Waals surface area (Å²) < 4.78 is 53.7. The van der Waals surface area contributed by atoms with Crippen LogP contribution in [-0.2, 0) is 20.1 Å². The number of aromatic nitrogens is 3. The van der Waals surface area contributed by atoms with Gasteiger partial charge in [0.05, 0.1) is 5.58 Å². The molecule has 0 spiro atoms. The number of pyridine rings is 2. The van der Waals surface area contributed by atoms with Gasteiger partial charge in [-0.3, -0.25) is 0 Å². The summed E-state index contributed by atoms with van der Waals surface area (Å²) in [5.74, 6) is 0. The van der Waals surface area contributed by atoms with Crippen LogP contribution in [0.25, 0.3) is 39.3 Å². The maximum atomic E-state index is 7.82. The first-order valence-electron chi connectivity index (χ1n) is 12.9. The molecule has 0 aliphatic heterocycles. The van der Waals surface area contributed by atoms with Crippen LogP contribution < -0.4 is 0 Å². The zero-order valence-corrected chi connectivity index (χ0v) is 19.6. The number of nitrogens with zero attached hydrogens (tertiary/aromatic N) is 3. The first kappa shape index (κ1) is 16.1. The number of fused-ring (bicyclic) bond motifs is 3. The Morgan fingerprint density at radius 2 is 1.64 bits per heavy atom. The van der Waals surface area contributed by atoms with E-state index in [4.69, 9.17) is 12.6 Å². The fourth-order valence-electron chi connectivity index (χ4n) is 3.48. The van der Waals surface area contributed by atoms with Gasteiger partial charge in [-0.2, -0.15) is 0 Å². The molecular formula is C28H21IrN3O-2. The summed E-state index contributed by atoms with van der Waals surface area (Å²) in [6, 6.07) is 29.7. The Morgan fingerprint density at radius 3 is 2.30 bits per heavy atom. The van der Waals surface area contributed by atoms with Gasteiger partial charge in [-0.25, -0.2) is 0 Å². The summed E-state index contributed by atoms with van der Waals surface area (Å²) in [5, 5.41) is 0. The van der Waals surface area contributed by atoms with Gasteiger partial charge in [0, 0.05) is 57.5 Å². The summed E-state index contributed by atoms with van der Waals surface area (Å²) >= 11 is 0. The average molecular weight is 614 g/mol. The summed E-state index contributed by atoms with van der Waals surface area (Å²) in [6.45, 7) is -5.02. The minimum Gasteiger partial charge on any atom is -0.458 e. The minimum absolute atomic E-state index is 0. The number of oxazole rings is 1.